The number of thiophene rings is 1. The number of sulfone groups is 1. The maximum absolute atomic E-state index is 11.8. The van der Waals surface area contributed by atoms with Gasteiger partial charge in [-0.3, -0.25) is 4.79 Å². The number of hydrogen-bond donors (Lipinski definition) is 1. The number of anilines is 1. The molecule has 0 aliphatic carbocycles. The fourth-order valence-electron chi connectivity index (χ4n) is 2.87. The van der Waals surface area contributed by atoms with Gasteiger partial charge in [0.1, 0.15) is 0 Å². The van der Waals surface area contributed by atoms with Crippen LogP contribution in [0.4, 0.5) is 5.00 Å². The third kappa shape index (κ3) is 4.78. The zero-order chi connectivity index (χ0) is 17.0. The lowest BCUT2D eigenvalue weighted by atomic mass is 10.1. The quantitative estimate of drug-likeness (QED) is 0.613. The van der Waals surface area contributed by atoms with Gasteiger partial charge in [-0.1, -0.05) is 0 Å². The minimum Gasteiger partial charge on any atom is -0.378 e. The summed E-state index contributed by atoms with van der Waals surface area (Å²) in [6, 6.07) is 4.01. The second-order valence-electron chi connectivity index (χ2n) is 6.04. The molecule has 0 bridgehead atoms. The van der Waals surface area contributed by atoms with E-state index in [4.69, 9.17) is 4.74 Å². The van der Waals surface area contributed by atoms with Gasteiger partial charge in [0, 0.05) is 24.4 Å². The average Bonchev–Trinajstić information content (AvgIpc) is 3.15. The molecule has 24 heavy (non-hydrogen) atoms. The van der Waals surface area contributed by atoms with Crippen molar-refractivity contribution >= 4 is 38.3 Å². The molecule has 2 aliphatic heterocycles. The van der Waals surface area contributed by atoms with Crippen molar-refractivity contribution in [2.75, 3.05) is 42.7 Å². The van der Waals surface area contributed by atoms with Crippen LogP contribution in [0.2, 0.25) is 0 Å². The van der Waals surface area contributed by atoms with Gasteiger partial charge in [-0.05, 0) is 24.5 Å². The van der Waals surface area contributed by atoms with E-state index >= 15 is 0 Å². The molecule has 1 aromatic rings. The first kappa shape index (κ1) is 17.4. The molecule has 0 saturated carbocycles. The van der Waals surface area contributed by atoms with Crippen LogP contribution in [-0.2, 0) is 19.4 Å². The second kappa shape index (κ2) is 7.62. The maximum Gasteiger partial charge on any atom is 0.240 e. The number of nitrogens with zero attached hydrogens (tertiary/aromatic N) is 2. The van der Waals surface area contributed by atoms with E-state index in [0.717, 1.165) is 31.2 Å². The minimum absolute atomic E-state index is 0.0835. The highest BCUT2D eigenvalue weighted by atomic mass is 32.2. The van der Waals surface area contributed by atoms with Crippen molar-refractivity contribution in [3.8, 4) is 0 Å². The smallest absolute Gasteiger partial charge is 0.240 e. The Balaban J connectivity index is 1.46. The average molecular weight is 371 g/mol. The van der Waals surface area contributed by atoms with E-state index in [1.165, 1.54) is 5.00 Å². The number of morpholine rings is 1. The topological polar surface area (TPSA) is 88.1 Å². The summed E-state index contributed by atoms with van der Waals surface area (Å²) in [4.78, 5) is 15.0. The summed E-state index contributed by atoms with van der Waals surface area (Å²) >= 11 is 1.61. The standard InChI is InChI=1S/C15H21N3O4S2/c19-14(9-12-3-8-24(20,21)11-12)17-16-10-13-1-2-15(23-13)18-4-6-22-7-5-18/h1-2,10,12H,3-9,11H2,(H,17,19)/b16-10-/t12-/m1/s1. The van der Waals surface area contributed by atoms with Gasteiger partial charge in [-0.2, -0.15) is 5.10 Å². The van der Waals surface area contributed by atoms with Crippen LogP contribution in [0.5, 0.6) is 0 Å². The third-order valence-corrected chi connectivity index (χ3v) is 7.03. The van der Waals surface area contributed by atoms with E-state index in [9.17, 15) is 13.2 Å². The lowest BCUT2D eigenvalue weighted by Crippen LogP contribution is -2.35. The summed E-state index contributed by atoms with van der Waals surface area (Å²) in [7, 11) is -2.94. The summed E-state index contributed by atoms with van der Waals surface area (Å²) in [5.41, 5.74) is 2.48. The second-order valence-corrected chi connectivity index (χ2v) is 9.36. The van der Waals surface area contributed by atoms with Crippen LogP contribution in [-0.4, -0.2) is 58.3 Å². The molecule has 132 valence electrons. The van der Waals surface area contributed by atoms with Gasteiger partial charge in [0.15, 0.2) is 9.84 Å². The Kier molecular flexibility index (Phi) is 5.52. The molecule has 2 saturated heterocycles. The van der Waals surface area contributed by atoms with Crippen LogP contribution in [0.1, 0.15) is 17.7 Å². The fraction of sp³-hybridized carbons (Fsp3) is 0.600. The number of rotatable bonds is 5. The van der Waals surface area contributed by atoms with E-state index in [1.54, 1.807) is 17.6 Å². The van der Waals surface area contributed by atoms with Crippen molar-refractivity contribution < 1.29 is 17.9 Å². The van der Waals surface area contributed by atoms with Crippen LogP contribution in [0.15, 0.2) is 17.2 Å². The summed E-state index contributed by atoms with van der Waals surface area (Å²) in [5.74, 6) is -0.0238. The lowest BCUT2D eigenvalue weighted by Gasteiger charge is -2.27. The number of amides is 1. The van der Waals surface area contributed by atoms with E-state index in [-0.39, 0.29) is 29.8 Å². The molecule has 0 radical (unpaired) electrons. The largest absolute Gasteiger partial charge is 0.378 e. The maximum atomic E-state index is 11.8. The van der Waals surface area contributed by atoms with Gasteiger partial charge in [-0.25, -0.2) is 13.8 Å². The normalized spacial score (nSPS) is 23.7. The SMILES string of the molecule is O=C(C[C@H]1CCS(=O)(=O)C1)N/N=C\c1ccc(N2CCOCC2)s1. The highest BCUT2D eigenvalue weighted by molar-refractivity contribution is 7.91. The molecule has 1 amide bonds. The van der Waals surface area contributed by atoms with Gasteiger partial charge in [0.25, 0.3) is 0 Å². The predicted octanol–water partition coefficient (Wildman–Crippen LogP) is 0.860. The van der Waals surface area contributed by atoms with Crippen LogP contribution < -0.4 is 10.3 Å². The first-order valence-electron chi connectivity index (χ1n) is 7.97. The Labute approximate surface area is 145 Å². The van der Waals surface area contributed by atoms with Crippen molar-refractivity contribution in [3.05, 3.63) is 17.0 Å². The number of carbonyl (C=O) groups excluding carboxylic acids is 1. The van der Waals surface area contributed by atoms with E-state index in [2.05, 4.69) is 15.4 Å². The molecule has 1 N–H and O–H groups in total. The summed E-state index contributed by atoms with van der Waals surface area (Å²) in [6.45, 7) is 3.26. The Hall–Kier alpha value is -1.45. The first-order valence-corrected chi connectivity index (χ1v) is 10.6. The first-order chi connectivity index (χ1) is 11.5. The van der Waals surface area contributed by atoms with Crippen molar-refractivity contribution in [1.82, 2.24) is 5.43 Å². The van der Waals surface area contributed by atoms with Gasteiger partial charge in [-0.15, -0.1) is 11.3 Å². The molecule has 3 rings (SSSR count). The monoisotopic (exact) mass is 371 g/mol. The summed E-state index contributed by atoms with van der Waals surface area (Å²) in [6.07, 6.45) is 2.39. The number of hydrazone groups is 1. The van der Waals surface area contributed by atoms with Crippen molar-refractivity contribution in [2.45, 2.75) is 12.8 Å². The van der Waals surface area contributed by atoms with Crippen molar-refractivity contribution in [1.29, 1.82) is 0 Å². The Morgan fingerprint density at radius 3 is 2.92 bits per heavy atom. The molecular weight excluding hydrogens is 350 g/mol. The molecule has 9 heteroatoms. The molecule has 1 atom stereocenters. The number of hydrogen-bond acceptors (Lipinski definition) is 7. The zero-order valence-electron chi connectivity index (χ0n) is 13.3. The Bertz CT molecular complexity index is 708. The highest BCUT2D eigenvalue weighted by Crippen LogP contribution is 2.25. The third-order valence-electron chi connectivity index (χ3n) is 4.12. The molecule has 7 nitrogen and oxygen atoms in total. The Morgan fingerprint density at radius 2 is 2.21 bits per heavy atom. The Morgan fingerprint density at radius 1 is 1.42 bits per heavy atom. The highest BCUT2D eigenvalue weighted by Gasteiger charge is 2.29. The zero-order valence-corrected chi connectivity index (χ0v) is 14.9. The van der Waals surface area contributed by atoms with E-state index < -0.39 is 9.84 Å². The number of ether oxygens (including phenoxy) is 1. The van der Waals surface area contributed by atoms with E-state index in [1.807, 2.05) is 12.1 Å². The molecule has 2 aliphatic rings. The number of nitrogens with one attached hydrogen (secondary N) is 1. The minimum atomic E-state index is -2.94. The summed E-state index contributed by atoms with van der Waals surface area (Å²) < 4.78 is 28.1. The predicted molar refractivity (Wildman–Crippen MR) is 94.5 cm³/mol. The molecule has 0 aromatic carbocycles. The summed E-state index contributed by atoms with van der Waals surface area (Å²) in [5, 5.41) is 5.14. The molecule has 0 spiro atoms. The van der Waals surface area contributed by atoms with Crippen LogP contribution in [0.25, 0.3) is 0 Å². The van der Waals surface area contributed by atoms with E-state index in [0.29, 0.717) is 6.42 Å². The molecule has 3 heterocycles. The van der Waals surface area contributed by atoms with Crippen molar-refractivity contribution in [3.63, 3.8) is 0 Å². The molecular formula is C15H21N3O4S2. The van der Waals surface area contributed by atoms with Gasteiger partial charge in [0.05, 0.1) is 35.9 Å². The fourth-order valence-corrected chi connectivity index (χ4v) is 5.67. The van der Waals surface area contributed by atoms with Crippen molar-refractivity contribution in [2.24, 2.45) is 11.0 Å². The van der Waals surface area contributed by atoms with Crippen LogP contribution in [0, 0.1) is 5.92 Å². The van der Waals surface area contributed by atoms with Gasteiger partial charge in [0.2, 0.25) is 5.91 Å². The van der Waals surface area contributed by atoms with Gasteiger partial charge < -0.3 is 9.64 Å². The molecule has 0 unspecified atom stereocenters. The molecule has 2 fully saturated rings. The lowest BCUT2D eigenvalue weighted by molar-refractivity contribution is -0.121. The molecule has 1 aromatic heterocycles. The van der Waals surface area contributed by atoms with Crippen LogP contribution in [0.3, 0.4) is 0 Å². The van der Waals surface area contributed by atoms with Gasteiger partial charge >= 0.3 is 0 Å². The number of carbonyl (C=O) groups is 1. The van der Waals surface area contributed by atoms with Crippen LogP contribution >= 0.6 is 11.3 Å².